The third-order valence-electron chi connectivity index (χ3n) is 3.61. The highest BCUT2D eigenvalue weighted by Gasteiger charge is 2.27. The SMILES string of the molecule is CCOC(=O)[C@@H](CC)N1CCCN(c2nccs2)CC1. The molecule has 0 aliphatic carbocycles. The minimum absolute atomic E-state index is 0.0855. The van der Waals surface area contributed by atoms with Crippen LogP contribution in [0.5, 0.6) is 0 Å². The highest BCUT2D eigenvalue weighted by Crippen LogP contribution is 2.20. The quantitative estimate of drug-likeness (QED) is 0.778. The van der Waals surface area contributed by atoms with E-state index in [0.29, 0.717) is 6.61 Å². The van der Waals surface area contributed by atoms with Crippen LogP contribution in [0.3, 0.4) is 0 Å². The minimum Gasteiger partial charge on any atom is -0.465 e. The van der Waals surface area contributed by atoms with Gasteiger partial charge in [-0.2, -0.15) is 0 Å². The molecule has 112 valence electrons. The summed E-state index contributed by atoms with van der Waals surface area (Å²) < 4.78 is 5.18. The second kappa shape index (κ2) is 7.59. The third-order valence-corrected chi connectivity index (χ3v) is 4.44. The maximum atomic E-state index is 12.0. The molecule has 0 bridgehead atoms. The summed E-state index contributed by atoms with van der Waals surface area (Å²) in [7, 11) is 0. The number of anilines is 1. The highest BCUT2D eigenvalue weighted by molar-refractivity contribution is 7.13. The number of hydrogen-bond donors (Lipinski definition) is 0. The molecule has 0 spiro atoms. The van der Waals surface area contributed by atoms with E-state index in [1.54, 1.807) is 11.3 Å². The van der Waals surface area contributed by atoms with Crippen molar-refractivity contribution in [3.8, 4) is 0 Å². The van der Waals surface area contributed by atoms with Gasteiger partial charge in [0.25, 0.3) is 0 Å². The summed E-state index contributed by atoms with van der Waals surface area (Å²) in [6, 6.07) is -0.105. The number of nitrogens with zero attached hydrogens (tertiary/aromatic N) is 3. The Morgan fingerprint density at radius 3 is 2.90 bits per heavy atom. The average molecular weight is 297 g/mol. The van der Waals surface area contributed by atoms with Gasteiger partial charge in [0.2, 0.25) is 0 Å². The lowest BCUT2D eigenvalue weighted by molar-refractivity contribution is -0.149. The number of thiazole rings is 1. The fourth-order valence-corrected chi connectivity index (χ4v) is 3.32. The number of esters is 1. The van der Waals surface area contributed by atoms with Gasteiger partial charge in [0.05, 0.1) is 6.61 Å². The van der Waals surface area contributed by atoms with E-state index in [0.717, 1.165) is 44.2 Å². The van der Waals surface area contributed by atoms with E-state index < -0.39 is 0 Å². The zero-order valence-electron chi connectivity index (χ0n) is 12.2. The highest BCUT2D eigenvalue weighted by atomic mass is 32.1. The zero-order chi connectivity index (χ0) is 14.4. The van der Waals surface area contributed by atoms with Crippen molar-refractivity contribution < 1.29 is 9.53 Å². The van der Waals surface area contributed by atoms with Gasteiger partial charge in [-0.15, -0.1) is 11.3 Å². The standard InChI is InChI=1S/C14H23N3O2S/c1-3-12(13(18)19-4-2)16-7-5-8-17(10-9-16)14-15-6-11-20-14/h6,11-12H,3-5,7-10H2,1-2H3/t12-/m1/s1. The van der Waals surface area contributed by atoms with Gasteiger partial charge in [0.1, 0.15) is 6.04 Å². The molecule has 6 heteroatoms. The van der Waals surface area contributed by atoms with Crippen molar-refractivity contribution in [2.75, 3.05) is 37.7 Å². The van der Waals surface area contributed by atoms with Gasteiger partial charge in [-0.3, -0.25) is 9.69 Å². The van der Waals surface area contributed by atoms with Crippen LogP contribution in [0.25, 0.3) is 0 Å². The maximum absolute atomic E-state index is 12.0. The minimum atomic E-state index is -0.105. The van der Waals surface area contributed by atoms with Gasteiger partial charge in [-0.25, -0.2) is 4.98 Å². The fourth-order valence-electron chi connectivity index (χ4n) is 2.62. The van der Waals surface area contributed by atoms with Crippen LogP contribution in [0.4, 0.5) is 5.13 Å². The van der Waals surface area contributed by atoms with Crippen molar-refractivity contribution in [1.29, 1.82) is 0 Å². The molecule has 1 aromatic rings. The molecule has 0 radical (unpaired) electrons. The second-order valence-electron chi connectivity index (χ2n) is 4.87. The molecule has 1 aliphatic rings. The van der Waals surface area contributed by atoms with Gasteiger partial charge < -0.3 is 9.64 Å². The topological polar surface area (TPSA) is 45.7 Å². The van der Waals surface area contributed by atoms with Crippen LogP contribution in [0.15, 0.2) is 11.6 Å². The molecule has 20 heavy (non-hydrogen) atoms. The third kappa shape index (κ3) is 3.70. The average Bonchev–Trinajstić information content (AvgIpc) is 2.87. The lowest BCUT2D eigenvalue weighted by atomic mass is 10.2. The summed E-state index contributed by atoms with van der Waals surface area (Å²) in [6.07, 6.45) is 3.70. The Kier molecular flexibility index (Phi) is 5.79. The molecule has 0 unspecified atom stereocenters. The van der Waals surface area contributed by atoms with Crippen molar-refractivity contribution >= 4 is 22.4 Å². The summed E-state index contributed by atoms with van der Waals surface area (Å²) in [5.74, 6) is -0.0855. The van der Waals surface area contributed by atoms with Crippen LogP contribution >= 0.6 is 11.3 Å². The number of carbonyl (C=O) groups is 1. The van der Waals surface area contributed by atoms with Gasteiger partial charge in [0, 0.05) is 37.8 Å². The summed E-state index contributed by atoms with van der Waals surface area (Å²) in [4.78, 5) is 20.9. The molecule has 2 rings (SSSR count). The Hall–Kier alpha value is -1.14. The number of aromatic nitrogens is 1. The molecule has 1 atom stereocenters. The van der Waals surface area contributed by atoms with E-state index in [9.17, 15) is 4.79 Å². The lowest BCUT2D eigenvalue weighted by Gasteiger charge is -2.28. The Balaban J connectivity index is 1.95. The van der Waals surface area contributed by atoms with Gasteiger partial charge in [-0.05, 0) is 19.8 Å². The van der Waals surface area contributed by atoms with Crippen LogP contribution in [0.2, 0.25) is 0 Å². The largest absolute Gasteiger partial charge is 0.465 e. The van der Waals surface area contributed by atoms with E-state index in [1.165, 1.54) is 0 Å². The molecule has 1 aliphatic heterocycles. The monoisotopic (exact) mass is 297 g/mol. The van der Waals surface area contributed by atoms with E-state index in [4.69, 9.17) is 4.74 Å². The second-order valence-corrected chi connectivity index (χ2v) is 5.74. The van der Waals surface area contributed by atoms with Crippen molar-refractivity contribution in [1.82, 2.24) is 9.88 Å². The predicted octanol–water partition coefficient (Wildman–Crippen LogP) is 2.00. The molecule has 5 nitrogen and oxygen atoms in total. The first-order chi connectivity index (χ1) is 9.76. The summed E-state index contributed by atoms with van der Waals surface area (Å²) >= 11 is 1.67. The first-order valence-electron chi connectivity index (χ1n) is 7.31. The molecule has 2 heterocycles. The summed E-state index contributed by atoms with van der Waals surface area (Å²) in [5, 5.41) is 3.09. The van der Waals surface area contributed by atoms with Gasteiger partial charge in [0.15, 0.2) is 5.13 Å². The molecular formula is C14H23N3O2S. The molecule has 0 aromatic carbocycles. The molecular weight excluding hydrogens is 274 g/mol. The maximum Gasteiger partial charge on any atom is 0.323 e. The van der Waals surface area contributed by atoms with E-state index >= 15 is 0 Å². The Morgan fingerprint density at radius 1 is 1.40 bits per heavy atom. The van der Waals surface area contributed by atoms with Gasteiger partial charge >= 0.3 is 5.97 Å². The van der Waals surface area contributed by atoms with Crippen LogP contribution in [0.1, 0.15) is 26.7 Å². The first kappa shape index (κ1) is 15.3. The molecule has 1 fully saturated rings. The molecule has 1 aromatic heterocycles. The van der Waals surface area contributed by atoms with Crippen molar-refractivity contribution in [2.45, 2.75) is 32.7 Å². The lowest BCUT2D eigenvalue weighted by Crippen LogP contribution is -2.43. The number of hydrogen-bond acceptors (Lipinski definition) is 6. The molecule has 0 N–H and O–H groups in total. The van der Waals surface area contributed by atoms with Crippen molar-refractivity contribution in [2.24, 2.45) is 0 Å². The Morgan fingerprint density at radius 2 is 2.25 bits per heavy atom. The van der Waals surface area contributed by atoms with Crippen LogP contribution in [0, 0.1) is 0 Å². The van der Waals surface area contributed by atoms with Crippen LogP contribution in [-0.4, -0.2) is 54.7 Å². The predicted molar refractivity (Wildman–Crippen MR) is 81.2 cm³/mol. The smallest absolute Gasteiger partial charge is 0.323 e. The number of rotatable bonds is 5. The van der Waals surface area contributed by atoms with E-state index in [1.807, 2.05) is 25.4 Å². The summed E-state index contributed by atoms with van der Waals surface area (Å²) in [6.45, 7) is 8.11. The molecule has 1 saturated heterocycles. The normalized spacial score (nSPS) is 18.6. The Bertz CT molecular complexity index is 411. The van der Waals surface area contributed by atoms with Crippen LogP contribution < -0.4 is 4.90 Å². The molecule has 0 saturated carbocycles. The van der Waals surface area contributed by atoms with Crippen molar-refractivity contribution in [3.63, 3.8) is 0 Å². The van der Waals surface area contributed by atoms with E-state index in [-0.39, 0.29) is 12.0 Å². The zero-order valence-corrected chi connectivity index (χ0v) is 13.1. The van der Waals surface area contributed by atoms with Crippen molar-refractivity contribution in [3.05, 3.63) is 11.6 Å². The first-order valence-corrected chi connectivity index (χ1v) is 8.19. The van der Waals surface area contributed by atoms with Crippen LogP contribution in [-0.2, 0) is 9.53 Å². The number of ether oxygens (including phenoxy) is 1. The Labute approximate surface area is 124 Å². The summed E-state index contributed by atoms with van der Waals surface area (Å²) in [5.41, 5.74) is 0. The number of carbonyl (C=O) groups excluding carboxylic acids is 1. The van der Waals surface area contributed by atoms with E-state index in [2.05, 4.69) is 14.8 Å². The fraction of sp³-hybridized carbons (Fsp3) is 0.714. The van der Waals surface area contributed by atoms with Gasteiger partial charge in [-0.1, -0.05) is 6.92 Å². The molecule has 0 amide bonds.